The highest BCUT2D eigenvalue weighted by atomic mass is 32.2. The predicted octanol–water partition coefficient (Wildman–Crippen LogP) is 2.65. The summed E-state index contributed by atoms with van der Waals surface area (Å²) < 4.78 is 27.4. The Morgan fingerprint density at radius 1 is 1.17 bits per heavy atom. The van der Waals surface area contributed by atoms with Crippen molar-refractivity contribution < 1.29 is 13.2 Å². The number of thiophene rings is 1. The largest absolute Gasteiger partial charge is 0.315 e. The lowest BCUT2D eigenvalue weighted by atomic mass is 10.2. The van der Waals surface area contributed by atoms with Gasteiger partial charge in [-0.15, -0.1) is 11.3 Å². The minimum atomic E-state index is -3.55. The average Bonchev–Trinajstić information content (AvgIpc) is 2.99. The first kappa shape index (κ1) is 21.5. The topological polar surface area (TPSA) is 93.5 Å². The van der Waals surface area contributed by atoms with Crippen molar-refractivity contribution in [2.75, 3.05) is 31.5 Å². The Kier molecular flexibility index (Phi) is 6.70. The van der Waals surface area contributed by atoms with Gasteiger partial charge in [0.2, 0.25) is 15.9 Å². The highest BCUT2D eigenvalue weighted by Crippen LogP contribution is 2.23. The first-order valence-corrected chi connectivity index (χ1v) is 11.7. The molecule has 0 aliphatic carbocycles. The molecule has 154 valence electrons. The van der Waals surface area contributed by atoms with Crippen molar-refractivity contribution in [1.82, 2.24) is 9.21 Å². The summed E-state index contributed by atoms with van der Waals surface area (Å²) in [7, 11) is -3.55. The van der Waals surface area contributed by atoms with Crippen molar-refractivity contribution in [3.63, 3.8) is 0 Å². The lowest BCUT2D eigenvalue weighted by Gasteiger charge is -2.26. The highest BCUT2D eigenvalue weighted by molar-refractivity contribution is 7.89. The van der Waals surface area contributed by atoms with Gasteiger partial charge in [0.15, 0.2) is 0 Å². The van der Waals surface area contributed by atoms with Crippen LogP contribution in [0.1, 0.15) is 24.5 Å². The van der Waals surface area contributed by atoms with Crippen LogP contribution in [-0.4, -0.2) is 55.8 Å². The summed E-state index contributed by atoms with van der Waals surface area (Å²) in [6.45, 7) is 5.57. The van der Waals surface area contributed by atoms with Crippen molar-refractivity contribution >= 4 is 32.3 Å². The van der Waals surface area contributed by atoms with Gasteiger partial charge in [-0.3, -0.25) is 9.69 Å². The molecule has 1 fully saturated rings. The number of nitrogens with zero attached hydrogens (tertiary/aromatic N) is 3. The van der Waals surface area contributed by atoms with Gasteiger partial charge in [0, 0.05) is 26.2 Å². The quantitative estimate of drug-likeness (QED) is 0.784. The Morgan fingerprint density at radius 3 is 2.59 bits per heavy atom. The molecule has 1 saturated heterocycles. The minimum absolute atomic E-state index is 0.196. The number of hydrogen-bond acceptors (Lipinski definition) is 6. The molecule has 7 nitrogen and oxygen atoms in total. The fraction of sp³-hybridized carbons (Fsp3) is 0.400. The summed E-state index contributed by atoms with van der Waals surface area (Å²) in [4.78, 5) is 14.9. The number of rotatable bonds is 5. The molecule has 2 aromatic rings. The van der Waals surface area contributed by atoms with Crippen molar-refractivity contribution in [2.24, 2.45) is 0 Å². The van der Waals surface area contributed by atoms with E-state index in [2.05, 4.69) is 11.4 Å². The molecule has 0 bridgehead atoms. The SMILES string of the molecule is Cc1ccc(S(=O)(=O)N2CCCN(C(C)C(=O)Nc3sccc3C#N)CC2)cc1. The number of anilines is 1. The molecule has 0 spiro atoms. The van der Waals surface area contributed by atoms with Crippen LogP contribution in [-0.2, 0) is 14.8 Å². The van der Waals surface area contributed by atoms with E-state index in [4.69, 9.17) is 5.26 Å². The molecule has 0 saturated carbocycles. The van der Waals surface area contributed by atoms with Gasteiger partial charge in [-0.1, -0.05) is 17.7 Å². The summed E-state index contributed by atoms with van der Waals surface area (Å²) in [5.41, 5.74) is 1.46. The molecular weight excluding hydrogens is 408 g/mol. The summed E-state index contributed by atoms with van der Waals surface area (Å²) in [6.07, 6.45) is 0.644. The number of benzene rings is 1. The van der Waals surface area contributed by atoms with E-state index < -0.39 is 16.1 Å². The van der Waals surface area contributed by atoms with Crippen LogP contribution in [0, 0.1) is 18.3 Å². The average molecular weight is 433 g/mol. The second kappa shape index (κ2) is 9.05. The van der Waals surface area contributed by atoms with E-state index in [0.29, 0.717) is 48.1 Å². The summed E-state index contributed by atoms with van der Waals surface area (Å²) in [6, 6.07) is 10.2. The number of aryl methyl sites for hydroxylation is 1. The number of sulfonamides is 1. The van der Waals surface area contributed by atoms with Crippen LogP contribution in [0.15, 0.2) is 40.6 Å². The highest BCUT2D eigenvalue weighted by Gasteiger charge is 2.30. The Hall–Kier alpha value is -2.25. The summed E-state index contributed by atoms with van der Waals surface area (Å²) in [5, 5.41) is 14.2. The summed E-state index contributed by atoms with van der Waals surface area (Å²) >= 11 is 1.31. The number of nitrogens with one attached hydrogen (secondary N) is 1. The van der Waals surface area contributed by atoms with Gasteiger partial charge in [0.05, 0.1) is 16.5 Å². The third kappa shape index (κ3) is 4.85. The zero-order chi connectivity index (χ0) is 21.0. The number of amides is 1. The van der Waals surface area contributed by atoms with Gasteiger partial charge < -0.3 is 5.32 Å². The Morgan fingerprint density at radius 2 is 1.90 bits per heavy atom. The van der Waals surface area contributed by atoms with Gasteiger partial charge in [0.1, 0.15) is 11.1 Å². The molecule has 0 radical (unpaired) electrons. The molecule has 1 unspecified atom stereocenters. The minimum Gasteiger partial charge on any atom is -0.315 e. The molecule has 1 aliphatic heterocycles. The van der Waals surface area contributed by atoms with Crippen molar-refractivity contribution in [3.05, 3.63) is 46.8 Å². The zero-order valence-electron chi connectivity index (χ0n) is 16.5. The molecule has 3 rings (SSSR count). The second-order valence-electron chi connectivity index (χ2n) is 7.05. The van der Waals surface area contributed by atoms with Crippen LogP contribution >= 0.6 is 11.3 Å². The van der Waals surface area contributed by atoms with Gasteiger partial charge >= 0.3 is 0 Å². The van der Waals surface area contributed by atoms with Gasteiger partial charge in [-0.2, -0.15) is 9.57 Å². The maximum absolute atomic E-state index is 12.9. The molecule has 2 heterocycles. The lowest BCUT2D eigenvalue weighted by molar-refractivity contribution is -0.120. The zero-order valence-corrected chi connectivity index (χ0v) is 18.1. The van der Waals surface area contributed by atoms with E-state index in [9.17, 15) is 13.2 Å². The van der Waals surface area contributed by atoms with Crippen LogP contribution < -0.4 is 5.32 Å². The van der Waals surface area contributed by atoms with Gasteiger partial charge in [-0.05, 0) is 43.8 Å². The second-order valence-corrected chi connectivity index (χ2v) is 9.90. The van der Waals surface area contributed by atoms with Gasteiger partial charge in [-0.25, -0.2) is 8.42 Å². The van der Waals surface area contributed by atoms with E-state index in [1.165, 1.54) is 15.6 Å². The van der Waals surface area contributed by atoms with Crippen LogP contribution in [0.5, 0.6) is 0 Å². The molecule has 1 aliphatic rings. The predicted molar refractivity (Wildman–Crippen MR) is 113 cm³/mol. The van der Waals surface area contributed by atoms with E-state index in [1.54, 1.807) is 42.6 Å². The van der Waals surface area contributed by atoms with Crippen molar-refractivity contribution in [3.8, 4) is 6.07 Å². The maximum atomic E-state index is 12.9. The third-order valence-electron chi connectivity index (χ3n) is 5.10. The first-order chi connectivity index (χ1) is 13.8. The molecule has 9 heteroatoms. The van der Waals surface area contributed by atoms with Crippen LogP contribution in [0.3, 0.4) is 0 Å². The fourth-order valence-corrected chi connectivity index (χ4v) is 5.49. The smallest absolute Gasteiger partial charge is 0.243 e. The Bertz CT molecular complexity index is 1010. The fourth-order valence-electron chi connectivity index (χ4n) is 3.28. The molecular formula is C20H24N4O3S2. The Balaban J connectivity index is 1.65. The van der Waals surface area contributed by atoms with E-state index in [1.807, 2.05) is 11.8 Å². The molecule has 29 heavy (non-hydrogen) atoms. The third-order valence-corrected chi connectivity index (χ3v) is 7.84. The summed E-state index contributed by atoms with van der Waals surface area (Å²) in [5.74, 6) is -0.196. The van der Waals surface area contributed by atoms with E-state index in [-0.39, 0.29) is 5.91 Å². The molecule has 1 aromatic heterocycles. The maximum Gasteiger partial charge on any atom is 0.243 e. The van der Waals surface area contributed by atoms with Crippen molar-refractivity contribution in [2.45, 2.75) is 31.2 Å². The standard InChI is InChI=1S/C20H24N4O3S2/c1-15-4-6-18(7-5-15)29(26,27)24-10-3-9-23(11-12-24)16(2)19(25)22-20-17(14-21)8-13-28-20/h4-8,13,16H,3,9-12H2,1-2H3,(H,22,25). The molecule has 1 aromatic carbocycles. The number of hydrogen-bond donors (Lipinski definition) is 1. The normalized spacial score (nSPS) is 17.3. The number of carbonyl (C=O) groups excluding carboxylic acids is 1. The monoisotopic (exact) mass is 432 g/mol. The molecule has 1 amide bonds. The first-order valence-electron chi connectivity index (χ1n) is 9.42. The Labute approximate surface area is 175 Å². The van der Waals surface area contributed by atoms with E-state index in [0.717, 1.165) is 5.56 Å². The van der Waals surface area contributed by atoms with E-state index >= 15 is 0 Å². The van der Waals surface area contributed by atoms with Crippen LogP contribution in [0.25, 0.3) is 0 Å². The number of nitriles is 1. The van der Waals surface area contributed by atoms with Crippen molar-refractivity contribution in [1.29, 1.82) is 5.26 Å². The lowest BCUT2D eigenvalue weighted by Crippen LogP contribution is -2.44. The molecule has 1 N–H and O–H groups in total. The molecule has 1 atom stereocenters. The van der Waals surface area contributed by atoms with Gasteiger partial charge in [0.25, 0.3) is 0 Å². The number of carbonyl (C=O) groups is 1. The van der Waals surface area contributed by atoms with Crippen LogP contribution in [0.2, 0.25) is 0 Å². The van der Waals surface area contributed by atoms with Crippen LogP contribution in [0.4, 0.5) is 5.00 Å².